The second-order valence-electron chi connectivity index (χ2n) is 4.67. The number of nitrogens with two attached hydrogens (primary N) is 2. The van der Waals surface area contributed by atoms with E-state index in [1.54, 1.807) is 0 Å². The van der Waals surface area contributed by atoms with Gasteiger partial charge in [-0.3, -0.25) is 14.4 Å². The molecular formula is C12H24N4O4. The maximum Gasteiger partial charge on any atom is 0.245 e. The molecule has 0 aromatic rings. The first kappa shape index (κ1) is 18.3. The van der Waals surface area contributed by atoms with Crippen molar-refractivity contribution >= 4 is 17.7 Å². The Labute approximate surface area is 118 Å². The highest BCUT2D eigenvalue weighted by atomic mass is 16.3. The van der Waals surface area contributed by atoms with Crippen LogP contribution in [0.2, 0.25) is 0 Å². The maximum atomic E-state index is 11.9. The molecule has 116 valence electrons. The highest BCUT2D eigenvalue weighted by molar-refractivity contribution is 5.91. The second kappa shape index (κ2) is 9.27. The third kappa shape index (κ3) is 7.05. The van der Waals surface area contributed by atoms with E-state index < -0.39 is 35.9 Å². The van der Waals surface area contributed by atoms with Crippen molar-refractivity contribution in [2.45, 2.75) is 51.3 Å². The highest BCUT2D eigenvalue weighted by Crippen LogP contribution is 2.02. The third-order valence-electron chi connectivity index (χ3n) is 2.73. The number of rotatable bonds is 9. The minimum atomic E-state index is -1.12. The van der Waals surface area contributed by atoms with E-state index in [0.717, 1.165) is 0 Å². The Bertz CT molecular complexity index is 346. The Morgan fingerprint density at radius 1 is 1.20 bits per heavy atom. The molecule has 8 heteroatoms. The average molecular weight is 288 g/mol. The van der Waals surface area contributed by atoms with Crippen LogP contribution in [0.15, 0.2) is 0 Å². The Morgan fingerprint density at radius 3 is 2.20 bits per heavy atom. The lowest BCUT2D eigenvalue weighted by atomic mass is 10.1. The molecule has 0 saturated heterocycles. The fourth-order valence-electron chi connectivity index (χ4n) is 1.66. The van der Waals surface area contributed by atoms with Crippen molar-refractivity contribution in [3.63, 3.8) is 0 Å². The zero-order chi connectivity index (χ0) is 15.7. The molecule has 3 amide bonds. The summed E-state index contributed by atoms with van der Waals surface area (Å²) >= 11 is 0. The van der Waals surface area contributed by atoms with Gasteiger partial charge in [-0.05, 0) is 32.7 Å². The lowest BCUT2D eigenvalue weighted by Gasteiger charge is -2.23. The molecule has 3 atom stereocenters. The van der Waals surface area contributed by atoms with E-state index in [1.165, 1.54) is 13.8 Å². The van der Waals surface area contributed by atoms with Gasteiger partial charge in [0.25, 0.3) is 0 Å². The van der Waals surface area contributed by atoms with Gasteiger partial charge in [-0.25, -0.2) is 0 Å². The summed E-state index contributed by atoms with van der Waals surface area (Å²) in [5.41, 5.74) is 10.6. The van der Waals surface area contributed by atoms with Crippen LogP contribution in [0, 0.1) is 0 Å². The number of hydrogen-bond donors (Lipinski definition) is 5. The van der Waals surface area contributed by atoms with Gasteiger partial charge in [-0.1, -0.05) is 0 Å². The summed E-state index contributed by atoms with van der Waals surface area (Å²) < 4.78 is 0. The molecule has 0 aromatic carbocycles. The van der Waals surface area contributed by atoms with Crippen molar-refractivity contribution in [3.8, 4) is 0 Å². The van der Waals surface area contributed by atoms with Gasteiger partial charge < -0.3 is 27.2 Å². The molecule has 0 rings (SSSR count). The van der Waals surface area contributed by atoms with Crippen molar-refractivity contribution in [2.75, 3.05) is 6.54 Å². The van der Waals surface area contributed by atoms with E-state index in [0.29, 0.717) is 25.8 Å². The second-order valence-corrected chi connectivity index (χ2v) is 4.67. The minimum Gasteiger partial charge on any atom is -0.391 e. The van der Waals surface area contributed by atoms with Crippen molar-refractivity contribution in [1.29, 1.82) is 0 Å². The maximum absolute atomic E-state index is 11.9. The van der Waals surface area contributed by atoms with Crippen LogP contribution in [0.4, 0.5) is 0 Å². The van der Waals surface area contributed by atoms with Gasteiger partial charge in [0.05, 0.1) is 6.10 Å². The predicted molar refractivity (Wildman–Crippen MR) is 73.3 cm³/mol. The van der Waals surface area contributed by atoms with E-state index in [9.17, 15) is 19.5 Å². The average Bonchev–Trinajstić information content (AvgIpc) is 2.33. The minimum absolute atomic E-state index is 0.366. The molecule has 0 aliphatic rings. The Balaban J connectivity index is 4.61. The molecule has 8 nitrogen and oxygen atoms in total. The third-order valence-corrected chi connectivity index (χ3v) is 2.73. The first-order chi connectivity index (χ1) is 9.29. The number of hydrogen-bond acceptors (Lipinski definition) is 5. The van der Waals surface area contributed by atoms with Gasteiger partial charge in [0.1, 0.15) is 12.1 Å². The lowest BCUT2D eigenvalue weighted by Crippen LogP contribution is -2.56. The SMILES string of the molecule is CC(=O)NC(C(=O)N[C@@H](CCCCN)C(N)=O)C(C)O. The summed E-state index contributed by atoms with van der Waals surface area (Å²) in [7, 11) is 0. The number of carbonyl (C=O) groups excluding carboxylic acids is 3. The Kier molecular flexibility index (Phi) is 8.49. The molecule has 0 radical (unpaired) electrons. The molecule has 0 heterocycles. The number of aliphatic hydroxyl groups excluding tert-OH is 1. The van der Waals surface area contributed by atoms with Crippen molar-refractivity contribution < 1.29 is 19.5 Å². The standard InChI is InChI=1S/C12H24N4O4/c1-7(17)10(15-8(2)18)12(20)16-9(11(14)19)5-3-4-6-13/h7,9-10,17H,3-6,13H2,1-2H3,(H2,14,19)(H,15,18)(H,16,20)/t7?,9-,10?/m0/s1. The Morgan fingerprint density at radius 2 is 1.80 bits per heavy atom. The fraction of sp³-hybridized carbons (Fsp3) is 0.750. The van der Waals surface area contributed by atoms with Crippen LogP contribution >= 0.6 is 0 Å². The summed E-state index contributed by atoms with van der Waals surface area (Å²) in [6, 6.07) is -1.96. The molecule has 0 saturated carbocycles. The highest BCUT2D eigenvalue weighted by Gasteiger charge is 2.27. The molecule has 0 aliphatic heterocycles. The number of amides is 3. The normalized spacial score (nSPS) is 15.0. The van der Waals surface area contributed by atoms with Gasteiger partial charge in [0.15, 0.2) is 0 Å². The van der Waals surface area contributed by atoms with Crippen LogP contribution in [-0.2, 0) is 14.4 Å². The first-order valence-corrected chi connectivity index (χ1v) is 6.54. The number of aliphatic hydroxyl groups is 1. The molecule has 0 fully saturated rings. The smallest absolute Gasteiger partial charge is 0.245 e. The van der Waals surface area contributed by atoms with Crippen LogP contribution in [0.1, 0.15) is 33.1 Å². The quantitative estimate of drug-likeness (QED) is 0.310. The number of nitrogens with one attached hydrogen (secondary N) is 2. The van der Waals surface area contributed by atoms with Gasteiger partial charge in [-0.15, -0.1) is 0 Å². The monoisotopic (exact) mass is 288 g/mol. The molecule has 0 aromatic heterocycles. The Hall–Kier alpha value is -1.67. The van der Waals surface area contributed by atoms with Crippen LogP contribution < -0.4 is 22.1 Å². The topological polar surface area (TPSA) is 148 Å². The molecular weight excluding hydrogens is 264 g/mol. The van der Waals surface area contributed by atoms with Gasteiger partial charge in [0.2, 0.25) is 17.7 Å². The fourth-order valence-corrected chi connectivity index (χ4v) is 1.66. The van der Waals surface area contributed by atoms with E-state index in [1.807, 2.05) is 0 Å². The summed E-state index contributed by atoms with van der Waals surface area (Å²) in [6.45, 7) is 3.09. The number of primary amides is 1. The zero-order valence-electron chi connectivity index (χ0n) is 11.9. The lowest BCUT2D eigenvalue weighted by molar-refractivity contribution is -0.133. The van der Waals surface area contributed by atoms with Gasteiger partial charge in [-0.2, -0.15) is 0 Å². The van der Waals surface area contributed by atoms with Gasteiger partial charge in [0, 0.05) is 6.92 Å². The molecule has 7 N–H and O–H groups in total. The number of unbranched alkanes of at least 4 members (excludes halogenated alkanes) is 1. The molecule has 2 unspecified atom stereocenters. The molecule has 0 bridgehead atoms. The number of carbonyl (C=O) groups is 3. The largest absolute Gasteiger partial charge is 0.391 e. The molecule has 20 heavy (non-hydrogen) atoms. The van der Waals surface area contributed by atoms with Crippen LogP contribution in [0.3, 0.4) is 0 Å². The van der Waals surface area contributed by atoms with E-state index >= 15 is 0 Å². The first-order valence-electron chi connectivity index (χ1n) is 6.54. The summed E-state index contributed by atoms with van der Waals surface area (Å²) in [4.78, 5) is 34.2. The van der Waals surface area contributed by atoms with Crippen molar-refractivity contribution in [3.05, 3.63) is 0 Å². The molecule has 0 aliphatic carbocycles. The van der Waals surface area contributed by atoms with E-state index in [-0.39, 0.29) is 0 Å². The summed E-state index contributed by atoms with van der Waals surface area (Å²) in [5, 5.41) is 14.2. The van der Waals surface area contributed by atoms with E-state index in [4.69, 9.17) is 11.5 Å². The summed E-state index contributed by atoms with van der Waals surface area (Å²) in [6.07, 6.45) is 0.636. The van der Waals surface area contributed by atoms with Crippen molar-refractivity contribution in [1.82, 2.24) is 10.6 Å². The van der Waals surface area contributed by atoms with E-state index in [2.05, 4.69) is 10.6 Å². The van der Waals surface area contributed by atoms with Gasteiger partial charge >= 0.3 is 0 Å². The van der Waals surface area contributed by atoms with Crippen molar-refractivity contribution in [2.24, 2.45) is 11.5 Å². The molecule has 0 spiro atoms. The van der Waals surface area contributed by atoms with Crippen LogP contribution in [-0.4, -0.2) is 47.6 Å². The summed E-state index contributed by atoms with van der Waals surface area (Å²) in [5.74, 6) is -1.76. The predicted octanol–water partition coefficient (Wildman–Crippen LogP) is -2.03. The van der Waals surface area contributed by atoms with Crippen LogP contribution in [0.25, 0.3) is 0 Å². The van der Waals surface area contributed by atoms with Crippen LogP contribution in [0.5, 0.6) is 0 Å². The zero-order valence-corrected chi connectivity index (χ0v) is 11.9.